The van der Waals surface area contributed by atoms with E-state index in [1.165, 1.54) is 0 Å². The Kier molecular flexibility index (Phi) is 3.17. The van der Waals surface area contributed by atoms with Gasteiger partial charge in [-0.2, -0.15) is 0 Å². The first-order valence-electron chi connectivity index (χ1n) is 3.72. The molecule has 0 heterocycles. The third kappa shape index (κ3) is 2.64. The maximum atomic E-state index is 8.96. The number of nitrogens with one attached hydrogen (secondary N) is 2. The van der Waals surface area contributed by atoms with Crippen molar-refractivity contribution in [1.82, 2.24) is 5.43 Å². The van der Waals surface area contributed by atoms with Crippen molar-refractivity contribution in [2.75, 3.05) is 12.0 Å². The Morgan fingerprint density at radius 1 is 1.33 bits per heavy atom. The predicted octanol–water partition coefficient (Wildman–Crippen LogP) is 1.49. The monoisotopic (exact) mass is 164 g/mol. The van der Waals surface area contributed by atoms with E-state index in [4.69, 9.17) is 5.11 Å². The average Bonchev–Trinajstić information content (AvgIpc) is 2.09. The highest BCUT2D eigenvalue weighted by molar-refractivity contribution is 5.44. The van der Waals surface area contributed by atoms with Gasteiger partial charge in [0.1, 0.15) is 5.75 Å². The molecule has 12 heavy (non-hydrogen) atoms. The largest absolute Gasteiger partial charge is 0.508 e. The molecule has 0 saturated heterocycles. The number of benzene rings is 1. The topological polar surface area (TPSA) is 44.3 Å². The molecule has 0 atom stereocenters. The fraction of sp³-hybridized carbons (Fsp3) is 0.111. The van der Waals surface area contributed by atoms with Crippen LogP contribution in [0.5, 0.6) is 5.75 Å². The molecule has 0 amide bonds. The third-order valence-electron chi connectivity index (χ3n) is 1.35. The number of aromatic hydroxyl groups is 1. The van der Waals surface area contributed by atoms with E-state index in [0.29, 0.717) is 6.54 Å². The summed E-state index contributed by atoms with van der Waals surface area (Å²) in [5.74, 6) is 0.268. The molecule has 0 spiro atoms. The minimum absolute atomic E-state index is 0.268. The van der Waals surface area contributed by atoms with Crippen LogP contribution in [0.1, 0.15) is 0 Å². The molecule has 3 N–H and O–H groups in total. The molecule has 0 bridgehead atoms. The summed E-state index contributed by atoms with van der Waals surface area (Å²) in [5, 5.41) is 8.96. The number of hydrogen-bond acceptors (Lipinski definition) is 3. The van der Waals surface area contributed by atoms with Crippen LogP contribution in [0.3, 0.4) is 0 Å². The first kappa shape index (κ1) is 8.62. The molecule has 1 aromatic rings. The van der Waals surface area contributed by atoms with Gasteiger partial charge in [0.15, 0.2) is 0 Å². The van der Waals surface area contributed by atoms with Crippen LogP contribution in [0.25, 0.3) is 0 Å². The molecule has 3 heteroatoms. The lowest BCUT2D eigenvalue weighted by Gasteiger charge is -2.05. The summed E-state index contributed by atoms with van der Waals surface area (Å²) in [5.41, 5.74) is 6.77. The zero-order valence-corrected chi connectivity index (χ0v) is 6.75. The normalized spacial score (nSPS) is 9.33. The molecule has 0 fully saturated rings. The first-order valence-corrected chi connectivity index (χ1v) is 3.72. The van der Waals surface area contributed by atoms with Gasteiger partial charge in [0, 0.05) is 12.2 Å². The van der Waals surface area contributed by atoms with Gasteiger partial charge in [-0.1, -0.05) is 6.08 Å². The Hall–Kier alpha value is -1.48. The summed E-state index contributed by atoms with van der Waals surface area (Å²) >= 11 is 0. The molecule has 0 unspecified atom stereocenters. The second-order valence-corrected chi connectivity index (χ2v) is 2.34. The number of hydrogen-bond donors (Lipinski definition) is 3. The van der Waals surface area contributed by atoms with E-state index >= 15 is 0 Å². The van der Waals surface area contributed by atoms with Gasteiger partial charge in [-0.15, -0.1) is 6.58 Å². The van der Waals surface area contributed by atoms with Crippen molar-refractivity contribution in [1.29, 1.82) is 0 Å². The van der Waals surface area contributed by atoms with Crippen molar-refractivity contribution in [3.05, 3.63) is 36.9 Å². The number of phenolic OH excluding ortho intramolecular Hbond substituents is 1. The van der Waals surface area contributed by atoms with Crippen molar-refractivity contribution in [3.8, 4) is 5.75 Å². The van der Waals surface area contributed by atoms with Gasteiger partial charge in [-0.3, -0.25) is 0 Å². The quantitative estimate of drug-likeness (QED) is 0.273. The van der Waals surface area contributed by atoms with Crippen molar-refractivity contribution in [2.24, 2.45) is 0 Å². The fourth-order valence-corrected chi connectivity index (χ4v) is 0.770. The van der Waals surface area contributed by atoms with Crippen molar-refractivity contribution in [2.45, 2.75) is 0 Å². The SMILES string of the molecule is C=CCNNc1ccc(O)cc1. The third-order valence-corrected chi connectivity index (χ3v) is 1.35. The lowest BCUT2D eigenvalue weighted by Crippen LogP contribution is -2.20. The molecule has 0 aromatic heterocycles. The summed E-state index contributed by atoms with van der Waals surface area (Å²) in [6, 6.07) is 6.81. The van der Waals surface area contributed by atoms with Gasteiger partial charge >= 0.3 is 0 Å². The van der Waals surface area contributed by atoms with Crippen LogP contribution in [0.2, 0.25) is 0 Å². The van der Waals surface area contributed by atoms with Crippen LogP contribution in [0.15, 0.2) is 36.9 Å². The van der Waals surface area contributed by atoms with E-state index in [1.54, 1.807) is 30.3 Å². The minimum atomic E-state index is 0.268. The van der Waals surface area contributed by atoms with Crippen LogP contribution >= 0.6 is 0 Å². The second kappa shape index (κ2) is 4.41. The van der Waals surface area contributed by atoms with Crippen molar-refractivity contribution >= 4 is 5.69 Å². The zero-order valence-electron chi connectivity index (χ0n) is 6.75. The molecule has 3 nitrogen and oxygen atoms in total. The Morgan fingerprint density at radius 3 is 2.58 bits per heavy atom. The number of rotatable bonds is 4. The van der Waals surface area contributed by atoms with Gasteiger partial charge < -0.3 is 10.5 Å². The van der Waals surface area contributed by atoms with Crippen LogP contribution in [-0.2, 0) is 0 Å². The molecule has 0 aliphatic rings. The van der Waals surface area contributed by atoms with Gasteiger partial charge in [-0.05, 0) is 24.3 Å². The van der Waals surface area contributed by atoms with E-state index in [0.717, 1.165) is 5.69 Å². The van der Waals surface area contributed by atoms with Gasteiger partial charge in [0.25, 0.3) is 0 Å². The molecule has 1 rings (SSSR count). The molecule has 1 aromatic carbocycles. The Bertz CT molecular complexity index is 243. The maximum Gasteiger partial charge on any atom is 0.115 e. The number of phenols is 1. The van der Waals surface area contributed by atoms with Crippen molar-refractivity contribution < 1.29 is 5.11 Å². The van der Waals surface area contributed by atoms with E-state index in [-0.39, 0.29) is 5.75 Å². The zero-order chi connectivity index (χ0) is 8.81. The molecule has 0 radical (unpaired) electrons. The average molecular weight is 164 g/mol. The molecule has 0 aliphatic carbocycles. The van der Waals surface area contributed by atoms with Crippen LogP contribution in [-0.4, -0.2) is 11.7 Å². The van der Waals surface area contributed by atoms with E-state index in [1.807, 2.05) is 0 Å². The van der Waals surface area contributed by atoms with Gasteiger partial charge in [0.05, 0.1) is 0 Å². The second-order valence-electron chi connectivity index (χ2n) is 2.34. The first-order chi connectivity index (χ1) is 5.83. The highest BCUT2D eigenvalue weighted by atomic mass is 16.3. The van der Waals surface area contributed by atoms with Crippen LogP contribution in [0.4, 0.5) is 5.69 Å². The molecule has 0 saturated carbocycles. The fourth-order valence-electron chi connectivity index (χ4n) is 0.770. The predicted molar refractivity (Wildman–Crippen MR) is 49.9 cm³/mol. The van der Waals surface area contributed by atoms with E-state index in [2.05, 4.69) is 17.4 Å². The lowest BCUT2D eigenvalue weighted by atomic mass is 10.3. The molecule has 0 aliphatic heterocycles. The minimum Gasteiger partial charge on any atom is -0.508 e. The van der Waals surface area contributed by atoms with Gasteiger partial charge in [0.2, 0.25) is 0 Å². The van der Waals surface area contributed by atoms with Crippen LogP contribution < -0.4 is 10.9 Å². The molecular formula is C9H12N2O. The molecular weight excluding hydrogens is 152 g/mol. The highest BCUT2D eigenvalue weighted by Gasteiger charge is 1.89. The lowest BCUT2D eigenvalue weighted by molar-refractivity contribution is 0.475. The van der Waals surface area contributed by atoms with Crippen LogP contribution in [0, 0.1) is 0 Å². The Morgan fingerprint density at radius 2 is 2.00 bits per heavy atom. The number of hydrazine groups is 1. The van der Waals surface area contributed by atoms with Crippen molar-refractivity contribution in [3.63, 3.8) is 0 Å². The molecule has 64 valence electrons. The van der Waals surface area contributed by atoms with Gasteiger partial charge in [-0.25, -0.2) is 5.43 Å². The highest BCUT2D eigenvalue weighted by Crippen LogP contribution is 2.12. The summed E-state index contributed by atoms with van der Waals surface area (Å²) in [4.78, 5) is 0. The van der Waals surface area contributed by atoms with E-state index < -0.39 is 0 Å². The maximum absolute atomic E-state index is 8.96. The Labute approximate surface area is 71.7 Å². The summed E-state index contributed by atoms with van der Waals surface area (Å²) < 4.78 is 0. The summed E-state index contributed by atoms with van der Waals surface area (Å²) in [6.07, 6.45) is 1.76. The summed E-state index contributed by atoms with van der Waals surface area (Å²) in [6.45, 7) is 4.26. The smallest absolute Gasteiger partial charge is 0.115 e. The van der Waals surface area contributed by atoms with E-state index in [9.17, 15) is 0 Å². The summed E-state index contributed by atoms with van der Waals surface area (Å²) in [7, 11) is 0. The number of anilines is 1. The standard InChI is InChI=1S/C9H12N2O/c1-2-7-10-11-8-3-5-9(12)6-4-8/h2-6,10-12H,1,7H2. The Balaban J connectivity index is 2.42.